The maximum Gasteiger partial charge on any atom is 0.264 e. The topological polar surface area (TPSA) is 98.5 Å². The molecular formula is C17H16N4OS. The first kappa shape index (κ1) is 15.3. The van der Waals surface area contributed by atoms with E-state index >= 15 is 0 Å². The third kappa shape index (κ3) is 3.26. The van der Waals surface area contributed by atoms with E-state index in [0.717, 1.165) is 21.7 Å². The van der Waals surface area contributed by atoms with Crippen LogP contribution in [0.4, 0.5) is 0 Å². The van der Waals surface area contributed by atoms with Gasteiger partial charge in [0.05, 0.1) is 17.2 Å². The normalized spacial score (nSPS) is 13.4. The van der Waals surface area contributed by atoms with E-state index in [2.05, 4.69) is 16.3 Å². The predicted molar refractivity (Wildman–Crippen MR) is 91.1 cm³/mol. The fourth-order valence-corrected chi connectivity index (χ4v) is 3.50. The molecule has 116 valence electrons. The first-order valence-electron chi connectivity index (χ1n) is 7.13. The van der Waals surface area contributed by atoms with Crippen LogP contribution < -0.4 is 11.3 Å². The SMILES string of the molecule is CC(N)(Cc1cc(=O)[nH][nH]1)c1cc(-c2cccc(C#N)c2)cs1. The summed E-state index contributed by atoms with van der Waals surface area (Å²) in [7, 11) is 0. The van der Waals surface area contributed by atoms with Gasteiger partial charge in [0.15, 0.2) is 0 Å². The van der Waals surface area contributed by atoms with Crippen LogP contribution in [-0.4, -0.2) is 10.2 Å². The fraction of sp³-hybridized carbons (Fsp3) is 0.176. The van der Waals surface area contributed by atoms with Gasteiger partial charge in [-0.1, -0.05) is 12.1 Å². The molecule has 0 amide bonds. The molecule has 0 aliphatic rings. The summed E-state index contributed by atoms with van der Waals surface area (Å²) in [5.74, 6) is 0. The molecule has 1 atom stereocenters. The summed E-state index contributed by atoms with van der Waals surface area (Å²) in [4.78, 5) is 12.2. The Morgan fingerprint density at radius 2 is 2.09 bits per heavy atom. The van der Waals surface area contributed by atoms with Crippen molar-refractivity contribution in [3.63, 3.8) is 0 Å². The van der Waals surface area contributed by atoms with Crippen molar-refractivity contribution in [2.24, 2.45) is 5.73 Å². The van der Waals surface area contributed by atoms with Gasteiger partial charge in [-0.25, -0.2) is 0 Å². The van der Waals surface area contributed by atoms with Gasteiger partial charge in [-0.15, -0.1) is 11.3 Å². The minimum atomic E-state index is -0.582. The highest BCUT2D eigenvalue weighted by Crippen LogP contribution is 2.33. The largest absolute Gasteiger partial charge is 0.321 e. The molecule has 0 spiro atoms. The highest BCUT2D eigenvalue weighted by Gasteiger charge is 2.25. The number of nitrogens with two attached hydrogens (primary N) is 1. The molecule has 2 heterocycles. The van der Waals surface area contributed by atoms with Gasteiger partial charge in [-0.2, -0.15) is 5.26 Å². The number of nitriles is 1. The number of rotatable bonds is 4. The highest BCUT2D eigenvalue weighted by molar-refractivity contribution is 7.10. The van der Waals surface area contributed by atoms with E-state index in [9.17, 15) is 4.79 Å². The molecule has 2 aromatic heterocycles. The van der Waals surface area contributed by atoms with Gasteiger partial charge < -0.3 is 10.8 Å². The van der Waals surface area contributed by atoms with Crippen LogP contribution in [0.2, 0.25) is 0 Å². The molecule has 0 fully saturated rings. The van der Waals surface area contributed by atoms with Gasteiger partial charge in [0.1, 0.15) is 0 Å². The smallest absolute Gasteiger partial charge is 0.264 e. The maximum atomic E-state index is 11.2. The molecule has 0 bridgehead atoms. The van der Waals surface area contributed by atoms with Crippen molar-refractivity contribution in [1.29, 1.82) is 5.26 Å². The van der Waals surface area contributed by atoms with Gasteiger partial charge >= 0.3 is 0 Å². The van der Waals surface area contributed by atoms with Crippen LogP contribution >= 0.6 is 11.3 Å². The van der Waals surface area contributed by atoms with E-state index in [-0.39, 0.29) is 5.56 Å². The number of aromatic amines is 2. The average molecular weight is 324 g/mol. The molecule has 1 unspecified atom stereocenters. The van der Waals surface area contributed by atoms with E-state index in [0.29, 0.717) is 12.0 Å². The van der Waals surface area contributed by atoms with Crippen LogP contribution in [0.1, 0.15) is 23.1 Å². The van der Waals surface area contributed by atoms with E-state index in [1.54, 1.807) is 17.4 Å². The zero-order chi connectivity index (χ0) is 16.4. The second-order valence-corrected chi connectivity index (χ2v) is 6.68. The zero-order valence-electron chi connectivity index (χ0n) is 12.6. The molecule has 0 saturated heterocycles. The Hall–Kier alpha value is -2.62. The molecule has 3 rings (SSSR count). The number of H-pyrrole nitrogens is 2. The van der Waals surface area contributed by atoms with Crippen molar-refractivity contribution in [3.05, 3.63) is 68.3 Å². The van der Waals surface area contributed by atoms with Crippen molar-refractivity contribution >= 4 is 11.3 Å². The lowest BCUT2D eigenvalue weighted by Gasteiger charge is -2.22. The number of aromatic nitrogens is 2. The highest BCUT2D eigenvalue weighted by atomic mass is 32.1. The van der Waals surface area contributed by atoms with Gasteiger partial charge in [-0.3, -0.25) is 9.89 Å². The van der Waals surface area contributed by atoms with Gasteiger partial charge in [0, 0.05) is 23.1 Å². The average Bonchev–Trinajstić information content (AvgIpc) is 3.16. The van der Waals surface area contributed by atoms with Crippen molar-refractivity contribution in [2.45, 2.75) is 18.9 Å². The molecule has 4 N–H and O–H groups in total. The minimum Gasteiger partial charge on any atom is -0.321 e. The Labute approximate surface area is 137 Å². The number of nitrogens with zero attached hydrogens (tertiary/aromatic N) is 1. The van der Waals surface area contributed by atoms with Gasteiger partial charge in [-0.05, 0) is 41.6 Å². The quantitative estimate of drug-likeness (QED) is 0.688. The molecule has 0 radical (unpaired) electrons. The predicted octanol–water partition coefficient (Wildman–Crippen LogP) is 2.72. The van der Waals surface area contributed by atoms with E-state index in [4.69, 9.17) is 11.0 Å². The summed E-state index contributed by atoms with van der Waals surface area (Å²) in [5.41, 5.74) is 9.16. The number of benzene rings is 1. The van der Waals surface area contributed by atoms with E-state index < -0.39 is 5.54 Å². The zero-order valence-corrected chi connectivity index (χ0v) is 13.4. The van der Waals surface area contributed by atoms with Crippen molar-refractivity contribution < 1.29 is 0 Å². The first-order chi connectivity index (χ1) is 11.0. The summed E-state index contributed by atoms with van der Waals surface area (Å²) in [5, 5.41) is 16.4. The number of nitrogens with one attached hydrogen (secondary N) is 2. The van der Waals surface area contributed by atoms with Gasteiger partial charge in [0.25, 0.3) is 5.56 Å². The fourth-order valence-electron chi connectivity index (χ4n) is 2.51. The Morgan fingerprint density at radius 3 is 2.78 bits per heavy atom. The lowest BCUT2D eigenvalue weighted by molar-refractivity contribution is 0.495. The monoisotopic (exact) mass is 324 g/mol. The first-order valence-corrected chi connectivity index (χ1v) is 8.01. The molecule has 0 aliphatic heterocycles. The van der Waals surface area contributed by atoms with Crippen molar-refractivity contribution in [1.82, 2.24) is 10.2 Å². The summed E-state index contributed by atoms with van der Waals surface area (Å²) in [6.07, 6.45) is 0.532. The number of hydrogen-bond acceptors (Lipinski definition) is 4. The van der Waals surface area contributed by atoms with E-state index in [1.165, 1.54) is 6.07 Å². The number of hydrogen-bond donors (Lipinski definition) is 3. The lowest BCUT2D eigenvalue weighted by Crippen LogP contribution is -2.34. The second-order valence-electron chi connectivity index (χ2n) is 5.77. The summed E-state index contributed by atoms with van der Waals surface area (Å²) in [6.45, 7) is 1.94. The Kier molecular flexibility index (Phi) is 3.90. The lowest BCUT2D eigenvalue weighted by atomic mass is 9.94. The Morgan fingerprint density at radius 1 is 1.26 bits per heavy atom. The summed E-state index contributed by atoms with van der Waals surface area (Å²) < 4.78 is 0. The minimum absolute atomic E-state index is 0.156. The molecule has 1 aromatic carbocycles. The molecule has 3 aromatic rings. The molecule has 0 aliphatic carbocycles. The van der Waals surface area contributed by atoms with Crippen molar-refractivity contribution in [2.75, 3.05) is 0 Å². The third-order valence-electron chi connectivity index (χ3n) is 3.70. The van der Waals surface area contributed by atoms with Crippen LogP contribution in [0.15, 0.2) is 46.6 Å². The molecular weight excluding hydrogens is 308 g/mol. The molecule has 0 saturated carbocycles. The molecule has 5 nitrogen and oxygen atoms in total. The van der Waals surface area contributed by atoms with Crippen LogP contribution in [0.5, 0.6) is 0 Å². The van der Waals surface area contributed by atoms with Crippen molar-refractivity contribution in [3.8, 4) is 17.2 Å². The van der Waals surface area contributed by atoms with Crippen LogP contribution in [0.25, 0.3) is 11.1 Å². The maximum absolute atomic E-state index is 11.2. The van der Waals surface area contributed by atoms with E-state index in [1.807, 2.05) is 36.6 Å². The molecule has 6 heteroatoms. The summed E-state index contributed by atoms with van der Waals surface area (Å²) in [6, 6.07) is 13.2. The van der Waals surface area contributed by atoms with Crippen LogP contribution in [-0.2, 0) is 12.0 Å². The molecule has 23 heavy (non-hydrogen) atoms. The third-order valence-corrected chi connectivity index (χ3v) is 4.91. The standard InChI is InChI=1S/C17H16N4OS/c1-17(19,8-14-7-16(22)21-20-14)15-6-13(10-23-15)12-4-2-3-11(5-12)9-18/h2-7,10H,8,19H2,1H3,(H2,20,21,22). The Bertz CT molecular complexity index is 926. The second kappa shape index (κ2) is 5.88. The summed E-state index contributed by atoms with van der Waals surface area (Å²) >= 11 is 1.58. The van der Waals surface area contributed by atoms with Crippen LogP contribution in [0.3, 0.4) is 0 Å². The van der Waals surface area contributed by atoms with Crippen LogP contribution in [0, 0.1) is 11.3 Å². The Balaban J connectivity index is 1.88. The number of thiophene rings is 1. The van der Waals surface area contributed by atoms with Gasteiger partial charge in [0.2, 0.25) is 0 Å².